The van der Waals surface area contributed by atoms with Crippen molar-refractivity contribution in [3.8, 4) is 16.9 Å². The van der Waals surface area contributed by atoms with Crippen LogP contribution in [0.2, 0.25) is 0 Å². The third-order valence-corrected chi connectivity index (χ3v) is 3.21. The zero-order valence-electron chi connectivity index (χ0n) is 11.0. The van der Waals surface area contributed by atoms with Gasteiger partial charge < -0.3 is 5.73 Å². The zero-order chi connectivity index (χ0) is 14.1. The van der Waals surface area contributed by atoms with Crippen molar-refractivity contribution in [1.29, 1.82) is 0 Å². The molecule has 3 nitrogen and oxygen atoms in total. The molecule has 0 fully saturated rings. The number of rotatable bonds is 2. The van der Waals surface area contributed by atoms with Gasteiger partial charge in [0.1, 0.15) is 11.6 Å². The Morgan fingerprint density at radius 1 is 1.05 bits per heavy atom. The maximum Gasteiger partial charge on any atom is 0.135 e. The molecule has 4 heteroatoms. The summed E-state index contributed by atoms with van der Waals surface area (Å²) in [5.41, 5.74) is 8.42. The summed E-state index contributed by atoms with van der Waals surface area (Å²) in [6.07, 6.45) is 0. The highest BCUT2D eigenvalue weighted by molar-refractivity contribution is 5.65. The van der Waals surface area contributed by atoms with Crippen molar-refractivity contribution < 1.29 is 4.39 Å². The first kappa shape index (κ1) is 12.4. The van der Waals surface area contributed by atoms with Gasteiger partial charge in [-0.2, -0.15) is 5.10 Å². The van der Waals surface area contributed by atoms with Crippen LogP contribution in [-0.2, 0) is 0 Å². The van der Waals surface area contributed by atoms with Gasteiger partial charge >= 0.3 is 0 Å². The quantitative estimate of drug-likeness (QED) is 0.771. The third kappa shape index (κ3) is 2.05. The number of halogens is 1. The van der Waals surface area contributed by atoms with E-state index in [1.54, 1.807) is 29.8 Å². The number of nitrogen functional groups attached to an aromatic ring is 1. The summed E-state index contributed by atoms with van der Waals surface area (Å²) in [6, 6.07) is 16.5. The van der Waals surface area contributed by atoms with Gasteiger partial charge in [0.25, 0.3) is 0 Å². The molecule has 100 valence electrons. The first-order chi connectivity index (χ1) is 9.66. The number of nitrogens with two attached hydrogens (primary N) is 1. The molecule has 3 rings (SSSR count). The van der Waals surface area contributed by atoms with Crippen molar-refractivity contribution in [3.05, 3.63) is 66.0 Å². The zero-order valence-corrected chi connectivity index (χ0v) is 11.0. The predicted molar refractivity (Wildman–Crippen MR) is 78.1 cm³/mol. The van der Waals surface area contributed by atoms with Gasteiger partial charge in [0.05, 0.1) is 11.4 Å². The van der Waals surface area contributed by atoms with Crippen LogP contribution in [0.3, 0.4) is 0 Å². The molecule has 2 aromatic carbocycles. The van der Waals surface area contributed by atoms with E-state index in [1.807, 2.05) is 36.4 Å². The van der Waals surface area contributed by atoms with Gasteiger partial charge in [-0.05, 0) is 30.7 Å². The highest BCUT2D eigenvalue weighted by atomic mass is 19.1. The normalized spacial score (nSPS) is 10.7. The third-order valence-electron chi connectivity index (χ3n) is 3.21. The van der Waals surface area contributed by atoms with E-state index in [9.17, 15) is 4.39 Å². The Hall–Kier alpha value is -2.62. The smallest absolute Gasteiger partial charge is 0.135 e. The molecule has 0 bridgehead atoms. The summed E-state index contributed by atoms with van der Waals surface area (Å²) < 4.78 is 15.7. The molecule has 2 N–H and O–H groups in total. The molecule has 0 aliphatic carbocycles. The van der Waals surface area contributed by atoms with Gasteiger partial charge in [-0.15, -0.1) is 0 Å². The minimum Gasteiger partial charge on any atom is -0.384 e. The molecule has 0 spiro atoms. The molecule has 0 saturated heterocycles. The highest BCUT2D eigenvalue weighted by Crippen LogP contribution is 2.26. The van der Waals surface area contributed by atoms with Crippen LogP contribution in [0, 0.1) is 12.7 Å². The van der Waals surface area contributed by atoms with Crippen LogP contribution in [0.25, 0.3) is 16.9 Å². The maximum absolute atomic E-state index is 14.1. The Morgan fingerprint density at radius 2 is 1.80 bits per heavy atom. The Bertz CT molecular complexity index is 748. The van der Waals surface area contributed by atoms with Crippen LogP contribution in [0.4, 0.5) is 10.2 Å². The molecule has 0 aliphatic heterocycles. The van der Waals surface area contributed by atoms with Crippen molar-refractivity contribution in [3.63, 3.8) is 0 Å². The van der Waals surface area contributed by atoms with Crippen LogP contribution < -0.4 is 5.73 Å². The number of benzene rings is 2. The maximum atomic E-state index is 14.1. The fourth-order valence-corrected chi connectivity index (χ4v) is 2.15. The van der Waals surface area contributed by atoms with Crippen LogP contribution >= 0.6 is 0 Å². The van der Waals surface area contributed by atoms with E-state index in [-0.39, 0.29) is 5.82 Å². The second-order valence-corrected chi connectivity index (χ2v) is 4.64. The summed E-state index contributed by atoms with van der Waals surface area (Å²) in [5, 5.41) is 4.40. The van der Waals surface area contributed by atoms with Gasteiger partial charge in [-0.25, -0.2) is 9.07 Å². The number of hydrogen-bond donors (Lipinski definition) is 1. The predicted octanol–water partition coefficient (Wildman–Crippen LogP) is 3.57. The van der Waals surface area contributed by atoms with Gasteiger partial charge in [-0.1, -0.05) is 30.3 Å². The van der Waals surface area contributed by atoms with E-state index in [0.29, 0.717) is 22.6 Å². The summed E-state index contributed by atoms with van der Waals surface area (Å²) in [5.74, 6) is 0.220. The number of para-hydroxylation sites is 1. The Morgan fingerprint density at radius 3 is 2.55 bits per heavy atom. The van der Waals surface area contributed by atoms with Crippen LogP contribution in [0.15, 0.2) is 54.6 Å². The van der Waals surface area contributed by atoms with E-state index in [4.69, 9.17) is 5.73 Å². The van der Waals surface area contributed by atoms with Gasteiger partial charge in [-0.3, -0.25) is 0 Å². The number of nitrogens with zero attached hydrogens (tertiary/aromatic N) is 2. The first-order valence-electron chi connectivity index (χ1n) is 6.33. The molecule has 0 radical (unpaired) electrons. The average Bonchev–Trinajstić information content (AvgIpc) is 2.85. The number of anilines is 1. The molecule has 0 saturated carbocycles. The number of hydrogen-bond acceptors (Lipinski definition) is 2. The Labute approximate surface area is 116 Å². The van der Waals surface area contributed by atoms with Crippen molar-refractivity contribution in [1.82, 2.24) is 9.78 Å². The van der Waals surface area contributed by atoms with E-state index < -0.39 is 0 Å². The van der Waals surface area contributed by atoms with Gasteiger partial charge in [0.15, 0.2) is 0 Å². The highest BCUT2D eigenvalue weighted by Gasteiger charge is 2.13. The Kier molecular flexibility index (Phi) is 2.99. The first-order valence-corrected chi connectivity index (χ1v) is 6.33. The lowest BCUT2D eigenvalue weighted by Gasteiger charge is -2.03. The molecule has 20 heavy (non-hydrogen) atoms. The molecule has 0 amide bonds. The molecule has 1 aromatic heterocycles. The van der Waals surface area contributed by atoms with Crippen LogP contribution in [-0.4, -0.2) is 9.78 Å². The summed E-state index contributed by atoms with van der Waals surface area (Å²) in [7, 11) is 0. The van der Waals surface area contributed by atoms with Crippen LogP contribution in [0.5, 0.6) is 0 Å². The fourth-order valence-electron chi connectivity index (χ4n) is 2.15. The summed E-state index contributed by atoms with van der Waals surface area (Å²) in [4.78, 5) is 0. The summed E-state index contributed by atoms with van der Waals surface area (Å²) in [6.45, 7) is 1.73. The second kappa shape index (κ2) is 4.81. The topological polar surface area (TPSA) is 43.8 Å². The van der Waals surface area contributed by atoms with E-state index in [2.05, 4.69) is 5.10 Å². The van der Waals surface area contributed by atoms with Crippen molar-refractivity contribution in [2.45, 2.75) is 6.92 Å². The lowest BCUT2D eigenvalue weighted by atomic mass is 10.1. The fraction of sp³-hybridized carbons (Fsp3) is 0.0625. The number of aromatic nitrogens is 2. The monoisotopic (exact) mass is 267 g/mol. The largest absolute Gasteiger partial charge is 0.384 e. The van der Waals surface area contributed by atoms with Gasteiger partial charge in [0, 0.05) is 11.6 Å². The SMILES string of the molecule is Cc1cccc(-c2cc(N)n(-c3ccccc3)n2)c1F. The molecular weight excluding hydrogens is 253 g/mol. The van der Waals surface area contributed by atoms with Gasteiger partial charge in [0.2, 0.25) is 0 Å². The van der Waals surface area contributed by atoms with Crippen molar-refractivity contribution in [2.75, 3.05) is 5.73 Å². The van der Waals surface area contributed by atoms with E-state index in [1.165, 1.54) is 0 Å². The molecule has 0 aliphatic rings. The van der Waals surface area contributed by atoms with E-state index >= 15 is 0 Å². The number of aryl methyl sites for hydroxylation is 1. The molecule has 0 atom stereocenters. The molecule has 0 unspecified atom stereocenters. The summed E-state index contributed by atoms with van der Waals surface area (Å²) >= 11 is 0. The molecular formula is C16H14FN3. The van der Waals surface area contributed by atoms with E-state index in [0.717, 1.165) is 5.69 Å². The Balaban J connectivity index is 2.12. The average molecular weight is 267 g/mol. The minimum absolute atomic E-state index is 0.259. The standard InChI is InChI=1S/C16H14FN3/c1-11-6-5-9-13(16(11)17)14-10-15(18)20(19-14)12-7-3-2-4-8-12/h2-10H,18H2,1H3. The lowest BCUT2D eigenvalue weighted by Crippen LogP contribution is -2.01. The van der Waals surface area contributed by atoms with Crippen molar-refractivity contribution in [2.24, 2.45) is 0 Å². The second-order valence-electron chi connectivity index (χ2n) is 4.64. The van der Waals surface area contributed by atoms with Crippen LogP contribution in [0.1, 0.15) is 5.56 Å². The molecule has 1 heterocycles. The molecule has 3 aromatic rings. The minimum atomic E-state index is -0.259. The van der Waals surface area contributed by atoms with Crippen molar-refractivity contribution >= 4 is 5.82 Å². The lowest BCUT2D eigenvalue weighted by molar-refractivity contribution is 0.621.